The number of nitrogens with zero attached hydrogens (tertiary/aromatic N) is 1. The van der Waals surface area contributed by atoms with Gasteiger partial charge in [-0.3, -0.25) is 0 Å². The van der Waals surface area contributed by atoms with Gasteiger partial charge < -0.3 is 15.0 Å². The Morgan fingerprint density at radius 1 is 1.38 bits per heavy atom. The van der Waals surface area contributed by atoms with Crippen LogP contribution in [0.15, 0.2) is 24.3 Å². The number of benzene rings is 1. The Kier molecular flexibility index (Phi) is 4.10. The van der Waals surface area contributed by atoms with E-state index in [4.69, 9.17) is 4.74 Å². The highest BCUT2D eigenvalue weighted by molar-refractivity contribution is 5.68. The molecule has 1 aromatic carbocycles. The van der Waals surface area contributed by atoms with E-state index >= 15 is 0 Å². The average Bonchev–Trinajstić information content (AvgIpc) is 2.48. The van der Waals surface area contributed by atoms with Gasteiger partial charge in [-0.25, -0.2) is 9.18 Å². The lowest BCUT2D eigenvalue weighted by molar-refractivity contribution is 0.0563. The highest BCUT2D eigenvalue weighted by atomic mass is 19.1. The van der Waals surface area contributed by atoms with Gasteiger partial charge in [0.15, 0.2) is 0 Å². The maximum atomic E-state index is 13.7. The summed E-state index contributed by atoms with van der Waals surface area (Å²) in [5.74, 6) is 0.201. The minimum Gasteiger partial charge on any atom is -0.442 e. The molecule has 1 amide bonds. The van der Waals surface area contributed by atoms with E-state index in [1.54, 1.807) is 25.1 Å². The SMILES string of the molecule is C[C@H](OC(=O)NC1CN2CCC1CC2)c1ccccc1F. The molecule has 3 heterocycles. The van der Waals surface area contributed by atoms with Crippen LogP contribution in [0.2, 0.25) is 0 Å². The fraction of sp³-hybridized carbons (Fsp3) is 0.562. The van der Waals surface area contributed by atoms with Gasteiger partial charge in [0.05, 0.1) is 0 Å². The number of halogens is 1. The molecule has 4 nitrogen and oxygen atoms in total. The molecule has 2 bridgehead atoms. The minimum atomic E-state index is -0.590. The number of carbonyl (C=O) groups excluding carboxylic acids is 1. The molecule has 3 fully saturated rings. The highest BCUT2D eigenvalue weighted by Crippen LogP contribution is 2.28. The molecule has 3 aliphatic heterocycles. The lowest BCUT2D eigenvalue weighted by Crippen LogP contribution is -2.57. The molecule has 0 saturated carbocycles. The molecule has 3 aliphatic rings. The van der Waals surface area contributed by atoms with E-state index in [1.165, 1.54) is 6.07 Å². The van der Waals surface area contributed by atoms with Crippen molar-refractivity contribution in [1.82, 2.24) is 10.2 Å². The number of piperidine rings is 3. The van der Waals surface area contributed by atoms with Crippen LogP contribution >= 0.6 is 0 Å². The third kappa shape index (κ3) is 3.18. The molecule has 114 valence electrons. The van der Waals surface area contributed by atoms with Crippen molar-refractivity contribution in [3.8, 4) is 0 Å². The molecule has 5 heteroatoms. The van der Waals surface area contributed by atoms with Gasteiger partial charge in [-0.15, -0.1) is 0 Å². The Balaban J connectivity index is 1.56. The second-order valence-corrected chi connectivity index (χ2v) is 5.96. The summed E-state index contributed by atoms with van der Waals surface area (Å²) in [6.07, 6.45) is 1.22. The Morgan fingerprint density at radius 3 is 2.71 bits per heavy atom. The topological polar surface area (TPSA) is 41.6 Å². The van der Waals surface area contributed by atoms with E-state index in [0.717, 1.165) is 32.5 Å². The summed E-state index contributed by atoms with van der Waals surface area (Å²) in [6, 6.07) is 6.54. The first-order valence-electron chi connectivity index (χ1n) is 7.57. The zero-order valence-electron chi connectivity index (χ0n) is 12.2. The van der Waals surface area contributed by atoms with Crippen molar-refractivity contribution in [3.63, 3.8) is 0 Å². The summed E-state index contributed by atoms with van der Waals surface area (Å²) in [5.41, 5.74) is 0.404. The van der Waals surface area contributed by atoms with Crippen LogP contribution in [-0.2, 0) is 4.74 Å². The summed E-state index contributed by atoms with van der Waals surface area (Å²) < 4.78 is 19.0. The molecule has 0 radical (unpaired) electrons. The molecular formula is C16H21FN2O2. The molecule has 0 aromatic heterocycles. The average molecular weight is 292 g/mol. The highest BCUT2D eigenvalue weighted by Gasteiger charge is 2.35. The monoisotopic (exact) mass is 292 g/mol. The fourth-order valence-electron chi connectivity index (χ4n) is 3.34. The van der Waals surface area contributed by atoms with E-state index in [2.05, 4.69) is 10.2 Å². The largest absolute Gasteiger partial charge is 0.442 e. The summed E-state index contributed by atoms with van der Waals surface area (Å²) >= 11 is 0. The number of fused-ring (bicyclic) bond motifs is 3. The summed E-state index contributed by atoms with van der Waals surface area (Å²) in [4.78, 5) is 14.4. The van der Waals surface area contributed by atoms with Crippen LogP contribution in [0.5, 0.6) is 0 Å². The van der Waals surface area contributed by atoms with Crippen molar-refractivity contribution in [2.75, 3.05) is 19.6 Å². The number of amides is 1. The molecule has 1 unspecified atom stereocenters. The van der Waals surface area contributed by atoms with E-state index in [9.17, 15) is 9.18 Å². The number of hydrogen-bond acceptors (Lipinski definition) is 3. The Labute approximate surface area is 124 Å². The molecule has 3 saturated heterocycles. The number of alkyl carbamates (subject to hydrolysis) is 1. The second kappa shape index (κ2) is 6.02. The maximum Gasteiger partial charge on any atom is 0.408 e. The van der Waals surface area contributed by atoms with Gasteiger partial charge in [-0.1, -0.05) is 18.2 Å². The molecule has 0 aliphatic carbocycles. The Bertz CT molecular complexity index is 515. The van der Waals surface area contributed by atoms with Gasteiger partial charge >= 0.3 is 6.09 Å². The molecule has 1 aromatic rings. The molecule has 21 heavy (non-hydrogen) atoms. The number of hydrogen-bond donors (Lipinski definition) is 1. The van der Waals surface area contributed by atoms with Crippen molar-refractivity contribution >= 4 is 6.09 Å². The predicted molar refractivity (Wildman–Crippen MR) is 77.4 cm³/mol. The standard InChI is InChI=1S/C16H21FN2O2/c1-11(13-4-2-3-5-14(13)17)21-16(20)18-15-10-19-8-6-12(15)7-9-19/h2-5,11-12,15H,6-10H2,1H3,(H,18,20)/t11-,15?/m0/s1. The van der Waals surface area contributed by atoms with Crippen molar-refractivity contribution in [2.45, 2.75) is 31.9 Å². The summed E-state index contributed by atoms with van der Waals surface area (Å²) in [5, 5.41) is 2.95. The Morgan fingerprint density at radius 2 is 2.10 bits per heavy atom. The van der Waals surface area contributed by atoms with Crippen molar-refractivity contribution in [1.29, 1.82) is 0 Å². The number of carbonyl (C=O) groups is 1. The summed E-state index contributed by atoms with van der Waals surface area (Å²) in [7, 11) is 0. The number of ether oxygens (including phenoxy) is 1. The molecule has 4 rings (SSSR count). The van der Waals surface area contributed by atoms with Crippen LogP contribution in [0.1, 0.15) is 31.4 Å². The Hall–Kier alpha value is -1.62. The molecule has 2 atom stereocenters. The van der Waals surface area contributed by atoms with Crippen molar-refractivity contribution in [3.05, 3.63) is 35.6 Å². The fourth-order valence-corrected chi connectivity index (χ4v) is 3.34. The first kappa shape index (κ1) is 14.3. The van der Waals surface area contributed by atoms with E-state index in [0.29, 0.717) is 11.5 Å². The summed E-state index contributed by atoms with van der Waals surface area (Å²) in [6.45, 7) is 4.84. The third-order valence-electron chi connectivity index (χ3n) is 4.59. The smallest absolute Gasteiger partial charge is 0.408 e. The number of rotatable bonds is 3. The van der Waals surface area contributed by atoms with Crippen molar-refractivity contribution in [2.24, 2.45) is 5.92 Å². The molecule has 1 N–H and O–H groups in total. The van der Waals surface area contributed by atoms with Gasteiger partial charge in [-0.05, 0) is 44.8 Å². The predicted octanol–water partition coefficient (Wildman–Crippen LogP) is 2.71. The first-order valence-corrected chi connectivity index (χ1v) is 7.57. The third-order valence-corrected chi connectivity index (χ3v) is 4.59. The lowest BCUT2D eigenvalue weighted by atomic mass is 9.84. The van der Waals surface area contributed by atoms with Crippen molar-refractivity contribution < 1.29 is 13.9 Å². The maximum absolute atomic E-state index is 13.7. The van der Waals surface area contributed by atoms with Gasteiger partial charge in [0, 0.05) is 18.2 Å². The van der Waals surface area contributed by atoms with Crippen LogP contribution in [-0.4, -0.2) is 36.7 Å². The normalized spacial score (nSPS) is 29.0. The van der Waals surface area contributed by atoms with E-state index < -0.39 is 12.2 Å². The van der Waals surface area contributed by atoms with Gasteiger partial charge in [0.2, 0.25) is 0 Å². The van der Waals surface area contributed by atoms with Crippen LogP contribution < -0.4 is 5.32 Å². The van der Waals surface area contributed by atoms with E-state index in [1.807, 2.05) is 0 Å². The quantitative estimate of drug-likeness (QED) is 0.931. The van der Waals surface area contributed by atoms with Crippen LogP contribution in [0.4, 0.5) is 9.18 Å². The van der Waals surface area contributed by atoms with Gasteiger partial charge in [0.25, 0.3) is 0 Å². The zero-order chi connectivity index (χ0) is 14.8. The molecular weight excluding hydrogens is 271 g/mol. The van der Waals surface area contributed by atoms with Gasteiger partial charge in [0.1, 0.15) is 11.9 Å². The molecule has 0 spiro atoms. The zero-order valence-corrected chi connectivity index (χ0v) is 12.2. The van der Waals surface area contributed by atoms with E-state index in [-0.39, 0.29) is 11.9 Å². The number of nitrogens with one attached hydrogen (secondary N) is 1. The van der Waals surface area contributed by atoms with Crippen LogP contribution in [0.25, 0.3) is 0 Å². The minimum absolute atomic E-state index is 0.160. The van der Waals surface area contributed by atoms with Gasteiger partial charge in [-0.2, -0.15) is 0 Å². The first-order chi connectivity index (χ1) is 10.1. The van der Waals surface area contributed by atoms with Crippen LogP contribution in [0.3, 0.4) is 0 Å². The lowest BCUT2D eigenvalue weighted by Gasteiger charge is -2.44. The second-order valence-electron chi connectivity index (χ2n) is 5.96. The van der Waals surface area contributed by atoms with Crippen LogP contribution in [0, 0.1) is 11.7 Å².